The lowest BCUT2D eigenvalue weighted by Crippen LogP contribution is -2.25. The van der Waals surface area contributed by atoms with Crippen molar-refractivity contribution in [2.45, 2.75) is 26.2 Å². The zero-order valence-electron chi connectivity index (χ0n) is 16.0. The van der Waals surface area contributed by atoms with Gasteiger partial charge in [0, 0.05) is 30.6 Å². The number of hydrogen-bond acceptors (Lipinski definition) is 6. The zero-order valence-corrected chi connectivity index (χ0v) is 16.0. The largest absolute Gasteiger partial charge is 0.463 e. The van der Waals surface area contributed by atoms with E-state index >= 15 is 0 Å². The second-order valence-corrected chi connectivity index (χ2v) is 7.23. The normalized spacial score (nSPS) is 16.7. The molecule has 1 amide bonds. The molecule has 5 rings (SSSR count). The number of aromatic amines is 1. The molecule has 1 N–H and O–H groups in total. The van der Waals surface area contributed by atoms with Crippen LogP contribution in [0.1, 0.15) is 29.3 Å². The Morgan fingerprint density at radius 3 is 2.93 bits per heavy atom. The van der Waals surface area contributed by atoms with Crippen molar-refractivity contribution in [3.05, 3.63) is 59.6 Å². The van der Waals surface area contributed by atoms with Crippen LogP contribution in [-0.2, 0) is 4.79 Å². The summed E-state index contributed by atoms with van der Waals surface area (Å²) in [6.45, 7) is 4.61. The molecule has 3 aromatic heterocycles. The molecule has 4 heterocycles. The summed E-state index contributed by atoms with van der Waals surface area (Å²) in [6, 6.07) is 11.4. The van der Waals surface area contributed by atoms with Crippen LogP contribution in [0.2, 0.25) is 0 Å². The quantitative estimate of drug-likeness (QED) is 0.569. The maximum Gasteiger partial charge on any atom is 0.275 e. The minimum absolute atomic E-state index is 0.0664. The Labute approximate surface area is 166 Å². The number of benzene rings is 1. The predicted molar refractivity (Wildman–Crippen MR) is 105 cm³/mol. The third-order valence-electron chi connectivity index (χ3n) is 5.38. The summed E-state index contributed by atoms with van der Waals surface area (Å²) in [4.78, 5) is 19.0. The van der Waals surface area contributed by atoms with E-state index in [1.54, 1.807) is 18.4 Å². The molecule has 0 spiro atoms. The summed E-state index contributed by atoms with van der Waals surface area (Å²) in [5.74, 6) is 1.46. The van der Waals surface area contributed by atoms with Crippen LogP contribution in [0.15, 0.2) is 51.6 Å². The summed E-state index contributed by atoms with van der Waals surface area (Å²) in [5, 5.41) is 11.2. The summed E-state index contributed by atoms with van der Waals surface area (Å²) < 4.78 is 10.8. The highest BCUT2D eigenvalue weighted by Crippen LogP contribution is 2.34. The van der Waals surface area contributed by atoms with Crippen molar-refractivity contribution < 1.29 is 13.7 Å². The number of nitrogens with one attached hydrogen (secondary N) is 1. The molecular formula is C21H19N5O3. The number of aromatic nitrogens is 4. The molecule has 1 fully saturated rings. The molecule has 1 unspecified atom stereocenters. The Morgan fingerprint density at radius 1 is 1.21 bits per heavy atom. The van der Waals surface area contributed by atoms with Crippen molar-refractivity contribution in [2.24, 2.45) is 0 Å². The molecule has 8 nitrogen and oxygen atoms in total. The van der Waals surface area contributed by atoms with E-state index in [0.717, 1.165) is 16.8 Å². The lowest BCUT2D eigenvalue weighted by atomic mass is 10.1. The van der Waals surface area contributed by atoms with Gasteiger partial charge in [0.05, 0.1) is 6.26 Å². The van der Waals surface area contributed by atoms with Crippen molar-refractivity contribution >= 4 is 11.6 Å². The summed E-state index contributed by atoms with van der Waals surface area (Å²) in [5.41, 5.74) is 4.47. The molecule has 1 aliphatic rings. The third kappa shape index (κ3) is 3.02. The number of carbonyl (C=O) groups excluding carboxylic acids is 1. The number of aryl methyl sites for hydroxylation is 1. The number of carbonyl (C=O) groups is 1. The first-order valence-electron chi connectivity index (χ1n) is 9.40. The fourth-order valence-corrected chi connectivity index (χ4v) is 3.63. The minimum Gasteiger partial charge on any atom is -0.463 e. The average molecular weight is 389 g/mol. The van der Waals surface area contributed by atoms with Gasteiger partial charge in [-0.15, -0.1) is 0 Å². The fourth-order valence-electron chi connectivity index (χ4n) is 3.63. The second kappa shape index (κ2) is 6.73. The Morgan fingerprint density at radius 2 is 2.10 bits per heavy atom. The van der Waals surface area contributed by atoms with Crippen molar-refractivity contribution in [1.82, 2.24) is 20.3 Å². The van der Waals surface area contributed by atoms with Crippen LogP contribution in [0.5, 0.6) is 0 Å². The average Bonchev–Trinajstić information content (AvgIpc) is 3.50. The topological polar surface area (TPSA) is 101 Å². The fraction of sp³-hybridized carbons (Fsp3) is 0.238. The van der Waals surface area contributed by atoms with Crippen LogP contribution < -0.4 is 4.90 Å². The molecule has 29 heavy (non-hydrogen) atoms. The van der Waals surface area contributed by atoms with Gasteiger partial charge in [0.25, 0.3) is 5.89 Å². The van der Waals surface area contributed by atoms with Crippen LogP contribution in [0, 0.1) is 13.8 Å². The number of anilines is 1. The first kappa shape index (κ1) is 17.4. The molecule has 1 saturated heterocycles. The van der Waals surface area contributed by atoms with Gasteiger partial charge in [0.1, 0.15) is 11.4 Å². The Kier molecular flexibility index (Phi) is 4.04. The van der Waals surface area contributed by atoms with Gasteiger partial charge in [-0.2, -0.15) is 10.1 Å². The van der Waals surface area contributed by atoms with Crippen LogP contribution in [0.4, 0.5) is 5.69 Å². The molecule has 1 aromatic carbocycles. The predicted octanol–water partition coefficient (Wildman–Crippen LogP) is 3.86. The van der Waals surface area contributed by atoms with Crippen LogP contribution in [-0.4, -0.2) is 32.8 Å². The second-order valence-electron chi connectivity index (χ2n) is 7.23. The molecular weight excluding hydrogens is 370 g/mol. The number of rotatable bonds is 4. The van der Waals surface area contributed by atoms with Gasteiger partial charge in [0.2, 0.25) is 5.91 Å². The zero-order chi connectivity index (χ0) is 20.0. The van der Waals surface area contributed by atoms with Gasteiger partial charge < -0.3 is 13.8 Å². The van der Waals surface area contributed by atoms with Gasteiger partial charge in [-0.1, -0.05) is 17.3 Å². The standard InChI is InChI=1S/C21H19N5O3/c1-12-5-3-6-17(13(12)2)26-11-14(9-19(26)27)20-22-21(29-25-20)16-10-15(23-24-16)18-7-4-8-28-18/h3-8,10,14H,9,11H2,1-2H3,(H,23,24). The van der Waals surface area contributed by atoms with E-state index in [-0.39, 0.29) is 11.8 Å². The van der Waals surface area contributed by atoms with E-state index in [4.69, 9.17) is 8.94 Å². The molecule has 0 saturated carbocycles. The Bertz CT molecular complexity index is 1170. The number of furan rings is 1. The van der Waals surface area contributed by atoms with Crippen LogP contribution in [0.25, 0.3) is 23.0 Å². The van der Waals surface area contributed by atoms with Crippen molar-refractivity contribution in [3.63, 3.8) is 0 Å². The molecule has 1 aliphatic heterocycles. The monoisotopic (exact) mass is 389 g/mol. The van der Waals surface area contributed by atoms with E-state index < -0.39 is 0 Å². The molecule has 0 bridgehead atoms. The minimum atomic E-state index is -0.118. The molecule has 0 aliphatic carbocycles. The van der Waals surface area contributed by atoms with Crippen molar-refractivity contribution in [1.29, 1.82) is 0 Å². The van der Waals surface area contributed by atoms with Crippen molar-refractivity contribution in [3.8, 4) is 23.0 Å². The lowest BCUT2D eigenvalue weighted by Gasteiger charge is -2.19. The van der Waals surface area contributed by atoms with Gasteiger partial charge >= 0.3 is 0 Å². The highest BCUT2D eigenvalue weighted by atomic mass is 16.5. The van der Waals surface area contributed by atoms with Gasteiger partial charge in [-0.25, -0.2) is 0 Å². The number of amides is 1. The number of H-pyrrole nitrogens is 1. The van der Waals surface area contributed by atoms with E-state index in [9.17, 15) is 4.79 Å². The molecule has 8 heteroatoms. The summed E-state index contributed by atoms with van der Waals surface area (Å²) in [6.07, 6.45) is 1.94. The smallest absolute Gasteiger partial charge is 0.275 e. The maximum absolute atomic E-state index is 12.6. The van der Waals surface area contributed by atoms with Crippen LogP contribution in [0.3, 0.4) is 0 Å². The summed E-state index contributed by atoms with van der Waals surface area (Å²) in [7, 11) is 0. The molecule has 0 radical (unpaired) electrons. The lowest BCUT2D eigenvalue weighted by molar-refractivity contribution is -0.117. The van der Waals surface area contributed by atoms with Crippen molar-refractivity contribution in [2.75, 3.05) is 11.4 Å². The number of nitrogens with zero attached hydrogens (tertiary/aromatic N) is 4. The van der Waals surface area contributed by atoms with E-state index in [1.165, 1.54) is 0 Å². The van der Waals surface area contributed by atoms with Gasteiger partial charge in [-0.05, 0) is 43.2 Å². The first-order chi connectivity index (χ1) is 14.1. The SMILES string of the molecule is Cc1cccc(N2CC(c3noc(-c4cc(-c5ccco5)n[nH]4)n3)CC2=O)c1C. The maximum atomic E-state index is 12.6. The highest BCUT2D eigenvalue weighted by molar-refractivity contribution is 5.97. The summed E-state index contributed by atoms with van der Waals surface area (Å²) >= 11 is 0. The molecule has 146 valence electrons. The van der Waals surface area contributed by atoms with E-state index in [2.05, 4.69) is 20.3 Å². The Hall–Kier alpha value is -3.68. The highest BCUT2D eigenvalue weighted by Gasteiger charge is 2.35. The van der Waals surface area contributed by atoms with E-state index in [0.29, 0.717) is 41.8 Å². The molecule has 4 aromatic rings. The number of hydrogen-bond donors (Lipinski definition) is 1. The van der Waals surface area contributed by atoms with Crippen LogP contribution >= 0.6 is 0 Å². The first-order valence-corrected chi connectivity index (χ1v) is 9.40. The third-order valence-corrected chi connectivity index (χ3v) is 5.38. The Balaban J connectivity index is 1.37. The van der Waals surface area contributed by atoms with Gasteiger partial charge in [-0.3, -0.25) is 9.89 Å². The van der Waals surface area contributed by atoms with Gasteiger partial charge in [0.15, 0.2) is 11.6 Å². The van der Waals surface area contributed by atoms with E-state index in [1.807, 2.05) is 43.0 Å². The molecule has 1 atom stereocenters.